The number of carbonyl (C=O) groups is 5. The average molecular weight is 644 g/mol. The van der Waals surface area contributed by atoms with Crippen molar-refractivity contribution in [3.05, 3.63) is 35.1 Å². The largest absolute Gasteiger partial charge is 0.493 e. The first-order valence-corrected chi connectivity index (χ1v) is 13.7. The maximum absolute atomic E-state index is 13.0. The second-order valence-electron chi connectivity index (χ2n) is 11.2. The van der Waals surface area contributed by atoms with Crippen molar-refractivity contribution in [1.82, 2.24) is 4.90 Å². The molecule has 2 aliphatic carbocycles. The molecule has 45 heavy (non-hydrogen) atoms. The Morgan fingerprint density at radius 3 is 2.33 bits per heavy atom. The van der Waals surface area contributed by atoms with Crippen molar-refractivity contribution in [3.63, 3.8) is 0 Å². The van der Waals surface area contributed by atoms with Gasteiger partial charge in [0.1, 0.15) is 5.76 Å². The molecular weight excluding hydrogens is 615 g/mol. The summed E-state index contributed by atoms with van der Waals surface area (Å²) in [6.07, 6.45) is -11.5. The van der Waals surface area contributed by atoms with Gasteiger partial charge in [-0.05, 0) is 44.1 Å². The second-order valence-corrected chi connectivity index (χ2v) is 11.2. The van der Waals surface area contributed by atoms with E-state index in [2.05, 4.69) is 14.4 Å². The summed E-state index contributed by atoms with van der Waals surface area (Å²) < 4.78 is 63.2. The van der Waals surface area contributed by atoms with E-state index in [1.54, 1.807) is 6.07 Å². The summed E-state index contributed by atoms with van der Waals surface area (Å²) >= 11 is 0. The fourth-order valence-electron chi connectivity index (χ4n) is 6.83. The van der Waals surface area contributed by atoms with Crippen LogP contribution in [-0.2, 0) is 50.0 Å². The first-order valence-electron chi connectivity index (χ1n) is 13.7. The third-order valence-corrected chi connectivity index (χ3v) is 8.80. The van der Waals surface area contributed by atoms with Crippen LogP contribution < -0.4 is 9.47 Å². The minimum absolute atomic E-state index is 0.0143. The Hall–Kier alpha value is -4.38. The molecule has 6 atom stereocenters. The molecule has 2 heterocycles. The minimum atomic E-state index is -5.56. The lowest BCUT2D eigenvalue weighted by Crippen LogP contribution is -2.74. The first-order chi connectivity index (χ1) is 21.0. The highest BCUT2D eigenvalue weighted by atomic mass is 19.4. The van der Waals surface area contributed by atoms with Crippen LogP contribution in [0.2, 0.25) is 0 Å². The Morgan fingerprint density at radius 2 is 1.71 bits per heavy atom. The van der Waals surface area contributed by atoms with Gasteiger partial charge in [0.2, 0.25) is 12.2 Å². The van der Waals surface area contributed by atoms with Crippen LogP contribution in [-0.4, -0.2) is 107 Å². The van der Waals surface area contributed by atoms with Crippen LogP contribution >= 0.6 is 0 Å². The Bertz CT molecular complexity index is 1490. The number of carboxylic acids is 2. The molecule has 5 rings (SSSR count). The van der Waals surface area contributed by atoms with E-state index in [0.717, 1.165) is 11.1 Å². The number of likely N-dealkylation sites (tertiary alicyclic amines) is 1. The van der Waals surface area contributed by atoms with Crippen molar-refractivity contribution in [1.29, 1.82) is 0 Å². The number of carbonyl (C=O) groups excluding carboxylic acids is 3. The van der Waals surface area contributed by atoms with E-state index in [1.165, 1.54) is 13.2 Å². The molecule has 0 saturated carbocycles. The molecule has 1 aromatic rings. The molecule has 2 aliphatic heterocycles. The molecule has 3 N–H and O–H groups in total. The van der Waals surface area contributed by atoms with Crippen molar-refractivity contribution in [2.24, 2.45) is 0 Å². The van der Waals surface area contributed by atoms with Crippen molar-refractivity contribution < 1.29 is 76.1 Å². The zero-order valence-corrected chi connectivity index (χ0v) is 23.8. The number of alkyl halides is 3. The topological polar surface area (TPSA) is 195 Å². The highest BCUT2D eigenvalue weighted by molar-refractivity contribution is 5.87. The molecule has 17 heteroatoms. The number of aliphatic carboxylic acids is 2. The number of methoxy groups -OCH3 is 1. The van der Waals surface area contributed by atoms with E-state index in [1.807, 2.05) is 13.1 Å². The Labute approximate surface area is 252 Å². The van der Waals surface area contributed by atoms with Gasteiger partial charge in [0.05, 0.1) is 31.0 Å². The fourth-order valence-corrected chi connectivity index (χ4v) is 6.83. The summed E-state index contributed by atoms with van der Waals surface area (Å²) in [6, 6.07) is 3.34. The van der Waals surface area contributed by atoms with Gasteiger partial charge in [-0.25, -0.2) is 14.4 Å². The normalized spacial score (nSPS) is 27.6. The van der Waals surface area contributed by atoms with Crippen LogP contribution in [0.5, 0.6) is 11.5 Å². The summed E-state index contributed by atoms with van der Waals surface area (Å²) in [5.41, 5.74) is -0.678. The molecule has 0 aromatic heterocycles. The molecular formula is C28H28F3NO13. The number of aliphatic hydroxyl groups is 1. The van der Waals surface area contributed by atoms with Crippen LogP contribution in [0.15, 0.2) is 24.0 Å². The van der Waals surface area contributed by atoms with E-state index in [9.17, 15) is 47.4 Å². The van der Waals surface area contributed by atoms with E-state index >= 15 is 0 Å². The molecule has 244 valence electrons. The van der Waals surface area contributed by atoms with Crippen LogP contribution in [0, 0.1) is 0 Å². The van der Waals surface area contributed by atoms with E-state index in [4.69, 9.17) is 19.3 Å². The number of likely N-dealkylation sites (N-methyl/N-ethyl adjacent to an activating group) is 1. The van der Waals surface area contributed by atoms with Gasteiger partial charge < -0.3 is 43.9 Å². The fraction of sp³-hybridized carbons (Fsp3) is 0.536. The molecule has 14 nitrogen and oxygen atoms in total. The number of rotatable bonds is 10. The predicted octanol–water partition coefficient (Wildman–Crippen LogP) is 0.851. The number of piperidine rings is 1. The highest BCUT2D eigenvalue weighted by Crippen LogP contribution is 2.65. The summed E-state index contributed by atoms with van der Waals surface area (Å²) in [7, 11) is 3.36. The number of carboxylic acid groups (broad SMARTS) is 2. The van der Waals surface area contributed by atoms with Crippen LogP contribution in [0.25, 0.3) is 0 Å². The number of halogens is 3. The minimum Gasteiger partial charge on any atom is -0.493 e. The number of ether oxygens (including phenoxy) is 5. The van der Waals surface area contributed by atoms with Crippen molar-refractivity contribution in [2.75, 3.05) is 20.7 Å². The summed E-state index contributed by atoms with van der Waals surface area (Å²) in [5, 5.41) is 30.8. The molecule has 2 bridgehead atoms. The average Bonchev–Trinajstić information content (AvgIpc) is 3.31. The lowest BCUT2D eigenvalue weighted by atomic mass is 9.50. The van der Waals surface area contributed by atoms with Gasteiger partial charge in [-0.1, -0.05) is 6.07 Å². The number of benzene rings is 1. The molecule has 0 radical (unpaired) electrons. The Kier molecular flexibility index (Phi) is 7.97. The molecule has 0 unspecified atom stereocenters. The summed E-state index contributed by atoms with van der Waals surface area (Å²) in [5.74, 6) is -8.96. The molecule has 1 spiro atoms. The Balaban J connectivity index is 1.33. The zero-order chi connectivity index (χ0) is 33.1. The SMILES string of the molecule is COc1ccc2c3c1O[C@H]1C(OC(=O)C[C@H](OC(=O)C[C@H](OC(=O)C(F)(F)F)C(=O)O)C(=O)O)=CC[C@@]4(O)[C@@H](C2)N(C)CC[C@]314. The smallest absolute Gasteiger partial charge is 0.490 e. The molecule has 1 saturated heterocycles. The zero-order valence-electron chi connectivity index (χ0n) is 23.8. The molecule has 0 amide bonds. The number of nitrogens with zero attached hydrogens (tertiary/aromatic N) is 1. The number of hydrogen-bond acceptors (Lipinski definition) is 12. The quantitative estimate of drug-likeness (QED) is 0.240. The van der Waals surface area contributed by atoms with Crippen molar-refractivity contribution in [3.8, 4) is 11.5 Å². The van der Waals surface area contributed by atoms with Crippen molar-refractivity contribution >= 4 is 29.8 Å². The number of hydrogen-bond donors (Lipinski definition) is 3. The highest BCUT2D eigenvalue weighted by Gasteiger charge is 2.72. The molecule has 4 aliphatic rings. The van der Waals surface area contributed by atoms with Gasteiger partial charge in [-0.2, -0.15) is 13.2 Å². The third kappa shape index (κ3) is 5.22. The van der Waals surface area contributed by atoms with E-state index in [-0.39, 0.29) is 18.2 Å². The van der Waals surface area contributed by atoms with Gasteiger partial charge in [-0.15, -0.1) is 0 Å². The first kappa shape index (κ1) is 32.0. The standard InChI is InChI=1S/C28H28F3NO13/c1-32-8-7-26-20-12-3-4-13(41-2)21(20)45-22(26)14(5-6-27(26,40)17(32)9-12)42-18(33)10-15(23(35)36)43-19(34)11-16(24(37)38)44-25(39)28(29,30)31/h3-5,15-17,22,40H,6-11H2,1-2H3,(H,35,36)(H,37,38)/t15-,16-,17+,22-,26-,27+/m0/s1. The van der Waals surface area contributed by atoms with Crippen LogP contribution in [0.4, 0.5) is 13.2 Å². The third-order valence-electron chi connectivity index (χ3n) is 8.80. The predicted molar refractivity (Wildman–Crippen MR) is 138 cm³/mol. The second kappa shape index (κ2) is 11.2. The van der Waals surface area contributed by atoms with Gasteiger partial charge in [0, 0.05) is 18.0 Å². The van der Waals surface area contributed by atoms with Crippen LogP contribution in [0.3, 0.4) is 0 Å². The maximum Gasteiger partial charge on any atom is 0.490 e. The molecule has 1 aromatic carbocycles. The molecule has 1 fully saturated rings. The summed E-state index contributed by atoms with van der Waals surface area (Å²) in [4.78, 5) is 61.2. The van der Waals surface area contributed by atoms with Gasteiger partial charge in [0.15, 0.2) is 17.6 Å². The van der Waals surface area contributed by atoms with Crippen LogP contribution in [0.1, 0.15) is 36.8 Å². The van der Waals surface area contributed by atoms with Gasteiger partial charge in [0.25, 0.3) is 0 Å². The van der Waals surface area contributed by atoms with E-state index in [0.29, 0.717) is 30.9 Å². The van der Waals surface area contributed by atoms with Crippen molar-refractivity contribution in [2.45, 2.75) is 73.7 Å². The van der Waals surface area contributed by atoms with Gasteiger partial charge >= 0.3 is 36.0 Å². The lowest BCUT2D eigenvalue weighted by molar-refractivity contribution is -0.208. The lowest BCUT2D eigenvalue weighted by Gasteiger charge is -2.61. The summed E-state index contributed by atoms with van der Waals surface area (Å²) in [6.45, 7) is 0.580. The van der Waals surface area contributed by atoms with Gasteiger partial charge in [-0.3, -0.25) is 9.59 Å². The van der Waals surface area contributed by atoms with E-state index < -0.39 is 78.2 Å². The maximum atomic E-state index is 13.0. The Morgan fingerprint density at radius 1 is 1.07 bits per heavy atom. The number of esters is 3. The monoisotopic (exact) mass is 643 g/mol.